The van der Waals surface area contributed by atoms with Gasteiger partial charge in [0.15, 0.2) is 0 Å². The van der Waals surface area contributed by atoms with E-state index in [2.05, 4.69) is 11.4 Å². The molecule has 3 heteroatoms. The van der Waals surface area contributed by atoms with Crippen LogP contribution in [0.5, 0.6) is 0 Å². The molecular formula is C13H15FN2. The molecule has 0 saturated carbocycles. The molecule has 0 amide bonds. The third kappa shape index (κ3) is 4.24. The molecule has 1 rings (SSSR count). The molecule has 1 aromatic carbocycles. The van der Waals surface area contributed by atoms with Gasteiger partial charge in [0.1, 0.15) is 5.82 Å². The van der Waals surface area contributed by atoms with E-state index >= 15 is 0 Å². The fraction of sp³-hybridized carbons (Fsp3) is 0.308. The second-order valence-electron chi connectivity index (χ2n) is 3.49. The largest absolute Gasteiger partial charge is 0.312 e. The minimum Gasteiger partial charge on any atom is -0.312 e. The van der Waals surface area contributed by atoms with Gasteiger partial charge >= 0.3 is 0 Å². The summed E-state index contributed by atoms with van der Waals surface area (Å²) in [5.74, 6) is -0.357. The van der Waals surface area contributed by atoms with Crippen molar-refractivity contribution in [3.05, 3.63) is 47.3 Å². The zero-order valence-electron chi connectivity index (χ0n) is 9.33. The molecule has 0 bridgehead atoms. The highest BCUT2D eigenvalue weighted by Crippen LogP contribution is 2.08. The maximum absolute atomic E-state index is 13.1. The number of allylic oxidation sites excluding steroid dienone is 1. The number of benzene rings is 1. The van der Waals surface area contributed by atoms with Gasteiger partial charge in [-0.1, -0.05) is 12.2 Å². The molecule has 2 nitrogen and oxygen atoms in total. The Morgan fingerprint density at radius 3 is 2.94 bits per heavy atom. The first-order chi connectivity index (χ1) is 7.76. The monoisotopic (exact) mass is 218 g/mol. The first kappa shape index (κ1) is 12.4. The van der Waals surface area contributed by atoms with Crippen molar-refractivity contribution in [3.63, 3.8) is 0 Å². The van der Waals surface area contributed by atoms with Gasteiger partial charge in [0.05, 0.1) is 11.6 Å². The molecular weight excluding hydrogens is 203 g/mol. The zero-order valence-corrected chi connectivity index (χ0v) is 9.33. The highest BCUT2D eigenvalue weighted by atomic mass is 19.1. The van der Waals surface area contributed by atoms with Crippen LogP contribution in [0.1, 0.15) is 24.5 Å². The van der Waals surface area contributed by atoms with Gasteiger partial charge in [0.2, 0.25) is 0 Å². The molecule has 0 unspecified atom stereocenters. The van der Waals surface area contributed by atoms with E-state index in [4.69, 9.17) is 5.26 Å². The quantitative estimate of drug-likeness (QED) is 0.609. The van der Waals surface area contributed by atoms with Crippen LogP contribution in [0.25, 0.3) is 0 Å². The number of hydrogen-bond acceptors (Lipinski definition) is 2. The normalized spacial score (nSPS) is 10.6. The maximum atomic E-state index is 13.1. The smallest absolute Gasteiger partial charge is 0.124 e. The molecule has 0 spiro atoms. The molecule has 0 atom stereocenters. The third-order valence-corrected chi connectivity index (χ3v) is 2.14. The summed E-state index contributed by atoms with van der Waals surface area (Å²) >= 11 is 0. The van der Waals surface area contributed by atoms with Crippen LogP contribution < -0.4 is 5.32 Å². The molecule has 16 heavy (non-hydrogen) atoms. The molecule has 0 aromatic heterocycles. The topological polar surface area (TPSA) is 35.8 Å². The third-order valence-electron chi connectivity index (χ3n) is 2.14. The molecule has 0 aliphatic carbocycles. The van der Waals surface area contributed by atoms with Crippen molar-refractivity contribution in [1.29, 1.82) is 5.26 Å². The summed E-state index contributed by atoms with van der Waals surface area (Å²) in [5.41, 5.74) is 1.17. The molecule has 0 saturated heterocycles. The van der Waals surface area contributed by atoms with Crippen LogP contribution >= 0.6 is 0 Å². The number of halogens is 1. The summed E-state index contributed by atoms with van der Waals surface area (Å²) in [6.45, 7) is 3.42. The molecule has 0 aliphatic heterocycles. The van der Waals surface area contributed by atoms with E-state index in [1.165, 1.54) is 12.1 Å². The fourth-order valence-electron chi connectivity index (χ4n) is 1.40. The SMILES string of the molecule is C/C=C/CCNCc1cc(F)cc(C#N)c1. The Morgan fingerprint density at radius 1 is 1.44 bits per heavy atom. The summed E-state index contributed by atoms with van der Waals surface area (Å²) in [7, 11) is 0. The first-order valence-electron chi connectivity index (χ1n) is 5.27. The minimum atomic E-state index is -0.357. The predicted octanol–water partition coefficient (Wildman–Crippen LogP) is 2.75. The van der Waals surface area contributed by atoms with Gasteiger partial charge in [-0.25, -0.2) is 4.39 Å². The highest BCUT2D eigenvalue weighted by Gasteiger charge is 1.99. The number of nitrogens with one attached hydrogen (secondary N) is 1. The fourth-order valence-corrected chi connectivity index (χ4v) is 1.40. The molecule has 0 radical (unpaired) electrons. The molecule has 1 N–H and O–H groups in total. The molecule has 1 aromatic rings. The maximum Gasteiger partial charge on any atom is 0.124 e. The number of rotatable bonds is 5. The van der Waals surface area contributed by atoms with Gasteiger partial charge in [-0.05, 0) is 43.7 Å². The Bertz CT molecular complexity index is 405. The second kappa shape index (κ2) is 6.76. The van der Waals surface area contributed by atoms with Gasteiger partial charge in [-0.15, -0.1) is 0 Å². The molecule has 0 heterocycles. The van der Waals surface area contributed by atoms with Crippen LogP contribution in [0.3, 0.4) is 0 Å². The predicted molar refractivity (Wildman–Crippen MR) is 62.3 cm³/mol. The Balaban J connectivity index is 2.48. The van der Waals surface area contributed by atoms with E-state index in [9.17, 15) is 4.39 Å². The second-order valence-corrected chi connectivity index (χ2v) is 3.49. The van der Waals surface area contributed by atoms with E-state index in [1.54, 1.807) is 6.07 Å². The number of hydrogen-bond donors (Lipinski definition) is 1. The Morgan fingerprint density at radius 2 is 2.25 bits per heavy atom. The standard InChI is InChI=1S/C13H15FN2/c1-2-3-4-5-16-10-12-6-11(9-15)7-13(14)8-12/h2-3,6-8,16H,4-5,10H2,1H3/b3-2+. The average Bonchev–Trinajstić information content (AvgIpc) is 2.28. The van der Waals surface area contributed by atoms with Crippen molar-refractivity contribution in [1.82, 2.24) is 5.32 Å². The molecule has 0 fully saturated rings. The van der Waals surface area contributed by atoms with Crippen LogP contribution in [0, 0.1) is 17.1 Å². The van der Waals surface area contributed by atoms with Gasteiger partial charge in [-0.2, -0.15) is 5.26 Å². The summed E-state index contributed by atoms with van der Waals surface area (Å²) in [5, 5.41) is 11.9. The summed E-state index contributed by atoms with van der Waals surface area (Å²) in [6, 6.07) is 6.33. The summed E-state index contributed by atoms with van der Waals surface area (Å²) in [6.07, 6.45) is 5.02. The molecule has 84 valence electrons. The minimum absolute atomic E-state index is 0.357. The van der Waals surface area contributed by atoms with Crippen LogP contribution in [-0.2, 0) is 6.54 Å². The summed E-state index contributed by atoms with van der Waals surface area (Å²) < 4.78 is 13.1. The Kier molecular flexibility index (Phi) is 5.24. The van der Waals surface area contributed by atoms with E-state index in [-0.39, 0.29) is 5.82 Å². The van der Waals surface area contributed by atoms with Crippen molar-refractivity contribution in [2.75, 3.05) is 6.54 Å². The lowest BCUT2D eigenvalue weighted by atomic mass is 10.1. The van der Waals surface area contributed by atoms with Crippen molar-refractivity contribution < 1.29 is 4.39 Å². The van der Waals surface area contributed by atoms with Crippen LogP contribution in [0.2, 0.25) is 0 Å². The van der Waals surface area contributed by atoms with Crippen molar-refractivity contribution in [2.45, 2.75) is 19.9 Å². The van der Waals surface area contributed by atoms with Gasteiger partial charge < -0.3 is 5.32 Å². The van der Waals surface area contributed by atoms with E-state index in [0.717, 1.165) is 18.5 Å². The van der Waals surface area contributed by atoms with Crippen molar-refractivity contribution in [2.24, 2.45) is 0 Å². The lowest BCUT2D eigenvalue weighted by Crippen LogP contribution is -2.14. The Labute approximate surface area is 95.4 Å². The summed E-state index contributed by atoms with van der Waals surface area (Å²) in [4.78, 5) is 0. The van der Waals surface area contributed by atoms with Crippen molar-refractivity contribution >= 4 is 0 Å². The lowest BCUT2D eigenvalue weighted by molar-refractivity contribution is 0.620. The lowest BCUT2D eigenvalue weighted by Gasteiger charge is -2.04. The van der Waals surface area contributed by atoms with Gasteiger partial charge in [-0.3, -0.25) is 0 Å². The van der Waals surface area contributed by atoms with Gasteiger partial charge in [0, 0.05) is 6.54 Å². The number of nitriles is 1. The highest BCUT2D eigenvalue weighted by molar-refractivity contribution is 5.33. The van der Waals surface area contributed by atoms with Crippen LogP contribution in [-0.4, -0.2) is 6.54 Å². The van der Waals surface area contributed by atoms with Crippen molar-refractivity contribution in [3.8, 4) is 6.07 Å². The number of nitrogens with zero attached hydrogens (tertiary/aromatic N) is 1. The van der Waals surface area contributed by atoms with E-state index in [0.29, 0.717) is 12.1 Å². The first-order valence-corrected chi connectivity index (χ1v) is 5.27. The van der Waals surface area contributed by atoms with E-state index in [1.807, 2.05) is 19.1 Å². The zero-order chi connectivity index (χ0) is 11.8. The van der Waals surface area contributed by atoms with E-state index < -0.39 is 0 Å². The van der Waals surface area contributed by atoms with Crippen LogP contribution in [0.15, 0.2) is 30.4 Å². The van der Waals surface area contributed by atoms with Crippen LogP contribution in [0.4, 0.5) is 4.39 Å². The van der Waals surface area contributed by atoms with Gasteiger partial charge in [0.25, 0.3) is 0 Å². The average molecular weight is 218 g/mol. The molecule has 0 aliphatic rings. The Hall–Kier alpha value is -1.66.